The number of rotatable bonds is 6. The van der Waals surface area contributed by atoms with Crippen LogP contribution in [0.5, 0.6) is 0 Å². The predicted octanol–water partition coefficient (Wildman–Crippen LogP) is 14.4. The SMILES string of the molecule is CC1(C)c2ccccc2-c2cc3c4cc(-c5ccc6c(c5)c5ccccc5n6-c5ccccc5)ccc4n(-c4cnccc4-c4nc(-c5ccccc5)nc(-c5ccccc5)n4)c3cc21. The molecule has 0 saturated carbocycles. The fraction of sp³-hybridized carbons (Fsp3) is 0.0508. The molecule has 1 aliphatic carbocycles. The summed E-state index contributed by atoms with van der Waals surface area (Å²) in [6, 6.07) is 69.2. The summed E-state index contributed by atoms with van der Waals surface area (Å²) in [5.41, 5.74) is 16.7. The maximum absolute atomic E-state index is 5.19. The molecule has 8 aromatic carbocycles. The average molecular weight is 833 g/mol. The van der Waals surface area contributed by atoms with Crippen molar-refractivity contribution in [2.45, 2.75) is 19.3 Å². The first kappa shape index (κ1) is 37.1. The minimum absolute atomic E-state index is 0.192. The van der Waals surface area contributed by atoms with Crippen LogP contribution in [0.4, 0.5) is 0 Å². The van der Waals surface area contributed by atoms with Gasteiger partial charge in [0.15, 0.2) is 17.5 Å². The van der Waals surface area contributed by atoms with Crippen molar-refractivity contribution in [3.8, 4) is 67.8 Å². The quantitative estimate of drug-likeness (QED) is 0.167. The summed E-state index contributed by atoms with van der Waals surface area (Å²) < 4.78 is 4.75. The molecule has 0 radical (unpaired) electrons. The van der Waals surface area contributed by atoms with Crippen molar-refractivity contribution in [3.05, 3.63) is 218 Å². The van der Waals surface area contributed by atoms with Crippen molar-refractivity contribution in [3.63, 3.8) is 0 Å². The van der Waals surface area contributed by atoms with Gasteiger partial charge in [-0.05, 0) is 94.0 Å². The molecule has 0 N–H and O–H groups in total. The van der Waals surface area contributed by atoms with Gasteiger partial charge >= 0.3 is 0 Å². The van der Waals surface area contributed by atoms with E-state index in [0.29, 0.717) is 17.5 Å². The highest BCUT2D eigenvalue weighted by Crippen LogP contribution is 2.51. The second-order valence-corrected chi connectivity index (χ2v) is 17.5. The monoisotopic (exact) mass is 832 g/mol. The molecule has 0 aliphatic heterocycles. The standard InChI is InChI=1S/C59H40N6/c1-59(2)49-24-14-12-22-42(49)45-34-48-47-33-40(39-26-28-52-46(32-39)43-23-13-15-25-51(43)64(52)41-20-10-5-11-21-41)27-29-53(47)65(54(48)35-50(45)59)55-36-60-31-30-44(55)58-62-56(37-16-6-3-7-17-37)61-57(63-58)38-18-8-4-9-19-38/h3-36H,1-2H3. The number of nitrogens with zero attached hydrogens (tertiary/aromatic N) is 6. The summed E-state index contributed by atoms with van der Waals surface area (Å²) in [4.78, 5) is 20.2. The Hall–Kier alpha value is -8.48. The average Bonchev–Trinajstić information content (AvgIpc) is 3.95. The number of fused-ring (bicyclic) bond motifs is 9. The maximum atomic E-state index is 5.19. The van der Waals surface area contributed by atoms with Crippen LogP contribution in [-0.2, 0) is 5.41 Å². The van der Waals surface area contributed by atoms with Crippen molar-refractivity contribution in [2.24, 2.45) is 0 Å². The molecule has 0 bridgehead atoms. The van der Waals surface area contributed by atoms with E-state index in [1.165, 1.54) is 49.4 Å². The van der Waals surface area contributed by atoms with E-state index in [2.05, 4.69) is 150 Å². The lowest BCUT2D eigenvalue weighted by Crippen LogP contribution is -2.15. The lowest BCUT2D eigenvalue weighted by Gasteiger charge is -2.22. The normalized spacial score (nSPS) is 12.9. The van der Waals surface area contributed by atoms with Gasteiger partial charge < -0.3 is 9.13 Å². The number of hydrogen-bond donors (Lipinski definition) is 0. The van der Waals surface area contributed by atoms with Crippen molar-refractivity contribution < 1.29 is 0 Å². The molecule has 0 unspecified atom stereocenters. The molecule has 0 fully saturated rings. The third-order valence-corrected chi connectivity index (χ3v) is 13.5. The highest BCUT2D eigenvalue weighted by atomic mass is 15.1. The molecule has 4 aromatic heterocycles. The summed E-state index contributed by atoms with van der Waals surface area (Å²) in [7, 11) is 0. The Morgan fingerprint density at radius 1 is 0.369 bits per heavy atom. The molecule has 65 heavy (non-hydrogen) atoms. The molecule has 1 aliphatic rings. The number of pyridine rings is 1. The van der Waals surface area contributed by atoms with E-state index < -0.39 is 0 Å². The van der Waals surface area contributed by atoms with Crippen LogP contribution in [0.25, 0.3) is 111 Å². The van der Waals surface area contributed by atoms with Crippen LogP contribution in [0.15, 0.2) is 207 Å². The summed E-state index contributed by atoms with van der Waals surface area (Å²) in [5.74, 6) is 1.81. The van der Waals surface area contributed by atoms with E-state index in [4.69, 9.17) is 19.9 Å². The number of para-hydroxylation sites is 2. The van der Waals surface area contributed by atoms with Gasteiger partial charge in [0.2, 0.25) is 0 Å². The first-order chi connectivity index (χ1) is 32.0. The molecule has 4 heterocycles. The Balaban J connectivity index is 1.06. The van der Waals surface area contributed by atoms with Crippen molar-refractivity contribution in [2.75, 3.05) is 0 Å². The Morgan fingerprint density at radius 3 is 1.63 bits per heavy atom. The van der Waals surface area contributed by atoms with Crippen molar-refractivity contribution in [1.29, 1.82) is 0 Å². The van der Waals surface area contributed by atoms with E-state index in [-0.39, 0.29) is 5.41 Å². The Bertz CT molecular complexity index is 3790. The van der Waals surface area contributed by atoms with Crippen LogP contribution in [-0.4, -0.2) is 29.1 Å². The van der Waals surface area contributed by atoms with Crippen LogP contribution >= 0.6 is 0 Å². The Labute approximate surface area is 375 Å². The van der Waals surface area contributed by atoms with Gasteiger partial charge in [0.25, 0.3) is 0 Å². The summed E-state index contributed by atoms with van der Waals surface area (Å²) in [6.45, 7) is 4.69. The Kier molecular flexibility index (Phi) is 8.15. The minimum atomic E-state index is -0.192. The zero-order chi connectivity index (χ0) is 43.2. The molecule has 13 rings (SSSR count). The molecule has 0 spiro atoms. The van der Waals surface area contributed by atoms with Crippen LogP contribution in [0.1, 0.15) is 25.0 Å². The zero-order valence-electron chi connectivity index (χ0n) is 35.8. The predicted molar refractivity (Wildman–Crippen MR) is 266 cm³/mol. The van der Waals surface area contributed by atoms with Crippen molar-refractivity contribution in [1.82, 2.24) is 29.1 Å². The summed E-state index contributed by atoms with van der Waals surface area (Å²) >= 11 is 0. The first-order valence-electron chi connectivity index (χ1n) is 22.1. The lowest BCUT2D eigenvalue weighted by molar-refractivity contribution is 0.661. The smallest absolute Gasteiger partial charge is 0.166 e. The topological polar surface area (TPSA) is 61.4 Å². The Morgan fingerprint density at radius 2 is 0.923 bits per heavy atom. The molecule has 6 nitrogen and oxygen atoms in total. The van der Waals surface area contributed by atoms with Crippen LogP contribution < -0.4 is 0 Å². The summed E-state index contributed by atoms with van der Waals surface area (Å²) in [5, 5.41) is 4.80. The minimum Gasteiger partial charge on any atom is -0.309 e. The molecule has 0 amide bonds. The fourth-order valence-electron chi connectivity index (χ4n) is 10.3. The van der Waals surface area contributed by atoms with Crippen LogP contribution in [0.3, 0.4) is 0 Å². The van der Waals surface area contributed by atoms with Gasteiger partial charge in [0.05, 0.1) is 34.0 Å². The van der Waals surface area contributed by atoms with E-state index >= 15 is 0 Å². The fourth-order valence-corrected chi connectivity index (χ4v) is 10.3. The van der Waals surface area contributed by atoms with Gasteiger partial charge in [0, 0.05) is 55.5 Å². The van der Waals surface area contributed by atoms with Gasteiger partial charge in [-0.3, -0.25) is 4.98 Å². The second-order valence-electron chi connectivity index (χ2n) is 17.5. The van der Waals surface area contributed by atoms with Gasteiger partial charge in [-0.15, -0.1) is 0 Å². The maximum Gasteiger partial charge on any atom is 0.166 e. The second kappa shape index (κ2) is 14.3. The number of benzene rings is 8. The molecule has 306 valence electrons. The van der Waals surface area contributed by atoms with Gasteiger partial charge in [-0.25, -0.2) is 15.0 Å². The highest BCUT2D eigenvalue weighted by Gasteiger charge is 2.36. The summed E-state index contributed by atoms with van der Waals surface area (Å²) in [6.07, 6.45) is 3.79. The number of hydrogen-bond acceptors (Lipinski definition) is 4. The van der Waals surface area contributed by atoms with E-state index in [1.807, 2.05) is 79.1 Å². The lowest BCUT2D eigenvalue weighted by atomic mass is 9.82. The van der Waals surface area contributed by atoms with Gasteiger partial charge in [-0.1, -0.05) is 147 Å². The third-order valence-electron chi connectivity index (χ3n) is 13.5. The van der Waals surface area contributed by atoms with Gasteiger partial charge in [-0.2, -0.15) is 0 Å². The molecular weight excluding hydrogens is 793 g/mol. The zero-order valence-corrected chi connectivity index (χ0v) is 35.8. The van der Waals surface area contributed by atoms with E-state index in [9.17, 15) is 0 Å². The van der Waals surface area contributed by atoms with Crippen LogP contribution in [0, 0.1) is 0 Å². The first-order valence-corrected chi connectivity index (χ1v) is 22.1. The molecule has 0 atom stereocenters. The molecule has 12 aromatic rings. The van der Waals surface area contributed by atoms with Crippen molar-refractivity contribution >= 4 is 43.6 Å². The largest absolute Gasteiger partial charge is 0.309 e. The highest BCUT2D eigenvalue weighted by molar-refractivity contribution is 6.14. The van der Waals surface area contributed by atoms with E-state index in [0.717, 1.165) is 55.6 Å². The van der Waals surface area contributed by atoms with E-state index in [1.54, 1.807) is 0 Å². The molecular formula is C59H40N6. The number of aromatic nitrogens is 6. The van der Waals surface area contributed by atoms with Gasteiger partial charge in [0.1, 0.15) is 0 Å². The molecule has 0 saturated heterocycles. The molecule has 6 heteroatoms. The van der Waals surface area contributed by atoms with Crippen LogP contribution in [0.2, 0.25) is 0 Å². The third kappa shape index (κ3) is 5.74.